The number of nitrogens with one attached hydrogen (secondary N) is 1. The Balaban J connectivity index is 1.13. The standard InChI is InChI=1S/C38H54N8O3Si/c1-42-20-22-43(23-21-42)31-13-17-44(18-14-31)34-12-11-30(27-35(34)47-2)39-38-40-36-32(15-19-45(36)28-48-25-26-50(3,4)5)37(41-38)46-33(16-24-49-46)29-9-7-6-8-10-29/h6-12,15,19,27,31,33H,13-14,16-18,20-26,28H2,1-5H3,(H,39,40,41)/t33-/m1/s1. The lowest BCUT2D eigenvalue weighted by atomic mass is 10.0. The van der Waals surface area contributed by atoms with Gasteiger partial charge in [-0.15, -0.1) is 0 Å². The van der Waals surface area contributed by atoms with Gasteiger partial charge in [-0.3, -0.25) is 9.74 Å². The number of aromatic nitrogens is 3. The average molecular weight is 699 g/mol. The Kier molecular flexibility index (Phi) is 10.6. The molecule has 1 atom stereocenters. The predicted octanol–water partition coefficient (Wildman–Crippen LogP) is 6.60. The number of hydroxylamine groups is 1. The van der Waals surface area contributed by atoms with E-state index in [1.165, 1.54) is 31.5 Å². The van der Waals surface area contributed by atoms with Gasteiger partial charge in [-0.05, 0) is 49.7 Å². The Bertz CT molecular complexity index is 1710. The number of piperidine rings is 1. The average Bonchev–Trinajstić information content (AvgIpc) is 3.78. The fourth-order valence-corrected chi connectivity index (χ4v) is 8.14. The van der Waals surface area contributed by atoms with E-state index in [2.05, 4.69) is 99.8 Å². The van der Waals surface area contributed by atoms with Crippen LogP contribution in [0.25, 0.3) is 11.0 Å². The van der Waals surface area contributed by atoms with Crippen LogP contribution >= 0.6 is 0 Å². The van der Waals surface area contributed by atoms with Crippen LogP contribution in [0.1, 0.15) is 30.9 Å². The minimum atomic E-state index is -1.20. The highest BCUT2D eigenvalue weighted by molar-refractivity contribution is 6.76. The molecule has 0 aliphatic carbocycles. The first kappa shape index (κ1) is 34.8. The third-order valence-electron chi connectivity index (χ3n) is 10.4. The Labute approximate surface area is 298 Å². The molecule has 0 amide bonds. The molecular weight excluding hydrogens is 645 g/mol. The molecule has 12 heteroatoms. The molecule has 3 saturated heterocycles. The second-order valence-electron chi connectivity index (χ2n) is 15.2. The number of nitrogens with zero attached hydrogens (tertiary/aromatic N) is 7. The van der Waals surface area contributed by atoms with Gasteiger partial charge in [0.15, 0.2) is 5.82 Å². The van der Waals surface area contributed by atoms with Crippen molar-refractivity contribution in [3.05, 3.63) is 66.4 Å². The van der Waals surface area contributed by atoms with Crippen LogP contribution < -0.4 is 20.0 Å². The SMILES string of the molecule is COc1cc(Nc2nc(N3OCC[C@@H]3c3ccccc3)c3ccn(COCC[Si](C)(C)C)c3n2)ccc1N1CCC(N2CCN(C)CC2)CC1. The van der Waals surface area contributed by atoms with Gasteiger partial charge >= 0.3 is 0 Å². The van der Waals surface area contributed by atoms with Crippen molar-refractivity contribution in [1.29, 1.82) is 0 Å². The highest BCUT2D eigenvalue weighted by atomic mass is 28.3. The second kappa shape index (κ2) is 15.3. The van der Waals surface area contributed by atoms with E-state index < -0.39 is 8.07 Å². The number of fused-ring (bicyclic) bond motifs is 1. The van der Waals surface area contributed by atoms with Gasteiger partial charge in [0, 0.05) is 84.4 Å². The summed E-state index contributed by atoms with van der Waals surface area (Å²) in [5.74, 6) is 2.09. The largest absolute Gasteiger partial charge is 0.495 e. The van der Waals surface area contributed by atoms with E-state index in [-0.39, 0.29) is 6.04 Å². The van der Waals surface area contributed by atoms with Crippen molar-refractivity contribution in [2.75, 3.05) is 81.9 Å². The zero-order valence-electron chi connectivity index (χ0n) is 30.5. The first-order chi connectivity index (χ1) is 24.3. The van der Waals surface area contributed by atoms with E-state index in [1.54, 1.807) is 7.11 Å². The van der Waals surface area contributed by atoms with Crippen LogP contribution in [0.3, 0.4) is 0 Å². The molecule has 0 saturated carbocycles. The fourth-order valence-electron chi connectivity index (χ4n) is 7.38. The van der Waals surface area contributed by atoms with E-state index in [1.807, 2.05) is 17.3 Å². The van der Waals surface area contributed by atoms with E-state index in [0.717, 1.165) is 79.2 Å². The summed E-state index contributed by atoms with van der Waals surface area (Å²) in [4.78, 5) is 24.0. The minimum absolute atomic E-state index is 0.0539. The van der Waals surface area contributed by atoms with Crippen molar-refractivity contribution in [1.82, 2.24) is 24.3 Å². The smallest absolute Gasteiger partial charge is 0.231 e. The van der Waals surface area contributed by atoms with Crippen LogP contribution in [0.2, 0.25) is 25.7 Å². The molecule has 0 spiro atoms. The molecule has 0 unspecified atom stereocenters. The maximum atomic E-state index is 6.28. The van der Waals surface area contributed by atoms with Crippen molar-refractivity contribution in [3.63, 3.8) is 0 Å². The van der Waals surface area contributed by atoms with Crippen LogP contribution in [0.5, 0.6) is 5.75 Å². The van der Waals surface area contributed by atoms with Crippen LogP contribution in [-0.4, -0.2) is 105 Å². The molecule has 3 aliphatic rings. The number of rotatable bonds is 12. The molecule has 1 N–H and O–H groups in total. The van der Waals surface area contributed by atoms with E-state index >= 15 is 0 Å². The summed E-state index contributed by atoms with van der Waals surface area (Å²) < 4.78 is 14.2. The number of benzene rings is 2. The van der Waals surface area contributed by atoms with E-state index in [9.17, 15) is 0 Å². The Morgan fingerprint density at radius 1 is 0.920 bits per heavy atom. The van der Waals surface area contributed by atoms with Crippen LogP contribution in [0, 0.1) is 0 Å². The molecule has 2 aromatic heterocycles. The van der Waals surface area contributed by atoms with Gasteiger partial charge in [0.25, 0.3) is 0 Å². The maximum absolute atomic E-state index is 6.28. The van der Waals surface area contributed by atoms with Crippen molar-refractivity contribution in [2.24, 2.45) is 0 Å². The molecule has 7 rings (SSSR count). The molecule has 0 radical (unpaired) electrons. The maximum Gasteiger partial charge on any atom is 0.231 e. The number of piperazine rings is 1. The lowest BCUT2D eigenvalue weighted by Crippen LogP contribution is -2.52. The van der Waals surface area contributed by atoms with Crippen molar-refractivity contribution < 1.29 is 14.3 Å². The van der Waals surface area contributed by atoms with Crippen LogP contribution in [0.4, 0.5) is 23.1 Å². The van der Waals surface area contributed by atoms with Crippen LogP contribution in [0.15, 0.2) is 60.8 Å². The summed E-state index contributed by atoms with van der Waals surface area (Å²) in [5, 5.41) is 6.41. The number of methoxy groups -OCH3 is 1. The molecule has 2 aromatic carbocycles. The molecule has 3 aliphatic heterocycles. The summed E-state index contributed by atoms with van der Waals surface area (Å²) >= 11 is 0. The zero-order chi connectivity index (χ0) is 34.7. The normalized spacial score (nSPS) is 19.8. The van der Waals surface area contributed by atoms with Gasteiger partial charge in [0.1, 0.15) is 18.1 Å². The van der Waals surface area contributed by atoms with Gasteiger partial charge < -0.3 is 29.2 Å². The highest BCUT2D eigenvalue weighted by Crippen LogP contribution is 2.39. The van der Waals surface area contributed by atoms with E-state index in [0.29, 0.717) is 25.3 Å². The number of hydrogen-bond donors (Lipinski definition) is 1. The summed E-state index contributed by atoms with van der Waals surface area (Å²) in [6.07, 6.45) is 5.27. The molecule has 4 aromatic rings. The summed E-state index contributed by atoms with van der Waals surface area (Å²) in [7, 11) is 2.78. The molecule has 3 fully saturated rings. The molecule has 5 heterocycles. The third-order valence-corrected chi connectivity index (χ3v) is 12.1. The van der Waals surface area contributed by atoms with Gasteiger partial charge in [-0.1, -0.05) is 50.0 Å². The third kappa shape index (κ3) is 7.94. The molecule has 0 bridgehead atoms. The quantitative estimate of drug-likeness (QED) is 0.129. The van der Waals surface area contributed by atoms with Crippen molar-refractivity contribution in [2.45, 2.75) is 63.8 Å². The highest BCUT2D eigenvalue weighted by Gasteiger charge is 2.32. The minimum Gasteiger partial charge on any atom is -0.495 e. The Morgan fingerprint density at radius 2 is 1.70 bits per heavy atom. The second-order valence-corrected chi connectivity index (χ2v) is 20.8. The molecular formula is C38H54N8O3Si. The molecule has 50 heavy (non-hydrogen) atoms. The summed E-state index contributed by atoms with van der Waals surface area (Å²) in [5.41, 5.74) is 4.01. The van der Waals surface area contributed by atoms with Crippen LogP contribution in [-0.2, 0) is 16.3 Å². The lowest BCUT2D eigenvalue weighted by molar-refractivity contribution is 0.0899. The van der Waals surface area contributed by atoms with E-state index in [4.69, 9.17) is 24.3 Å². The number of anilines is 4. The Hall–Kier alpha value is -3.68. The van der Waals surface area contributed by atoms with Crippen molar-refractivity contribution >= 4 is 42.2 Å². The summed E-state index contributed by atoms with van der Waals surface area (Å²) in [6.45, 7) is 15.6. The van der Waals surface area contributed by atoms with Gasteiger partial charge in [0.2, 0.25) is 5.95 Å². The van der Waals surface area contributed by atoms with Gasteiger partial charge in [-0.2, -0.15) is 9.97 Å². The molecule has 11 nitrogen and oxygen atoms in total. The Morgan fingerprint density at radius 3 is 2.44 bits per heavy atom. The number of ether oxygens (including phenoxy) is 2. The first-order valence-electron chi connectivity index (χ1n) is 18.3. The summed E-state index contributed by atoms with van der Waals surface area (Å²) in [6, 6.07) is 20.8. The lowest BCUT2D eigenvalue weighted by Gasteiger charge is -2.42. The number of likely N-dealkylation sites (N-methyl/N-ethyl adjacent to an activating group) is 1. The molecule has 268 valence electrons. The first-order valence-corrected chi connectivity index (χ1v) is 22.0. The zero-order valence-corrected chi connectivity index (χ0v) is 31.5. The predicted molar refractivity (Wildman–Crippen MR) is 204 cm³/mol. The van der Waals surface area contributed by atoms with Gasteiger partial charge in [0.05, 0.1) is 30.8 Å². The van der Waals surface area contributed by atoms with Gasteiger partial charge in [-0.25, -0.2) is 5.06 Å². The fraction of sp³-hybridized carbons (Fsp3) is 0.526. The number of hydrogen-bond acceptors (Lipinski definition) is 10. The van der Waals surface area contributed by atoms with Crippen molar-refractivity contribution in [3.8, 4) is 5.75 Å². The monoisotopic (exact) mass is 698 g/mol. The topological polar surface area (TPSA) is 83.4 Å².